The van der Waals surface area contributed by atoms with Gasteiger partial charge in [-0.2, -0.15) is 0 Å². The van der Waals surface area contributed by atoms with Crippen LogP contribution in [0.15, 0.2) is 22.4 Å². The zero-order valence-electron chi connectivity index (χ0n) is 7.58. The monoisotopic (exact) mass is 288 g/mol. The van der Waals surface area contributed by atoms with Crippen LogP contribution in [0.2, 0.25) is 0 Å². The maximum absolute atomic E-state index is 5.23. The Bertz CT molecular complexity index is 464. The Hall–Kier alpha value is -0.190. The van der Waals surface area contributed by atoms with Gasteiger partial charge in [-0.25, -0.2) is 0 Å². The fourth-order valence-electron chi connectivity index (χ4n) is 1.40. The summed E-state index contributed by atoms with van der Waals surface area (Å²) >= 11 is 9.50. The highest BCUT2D eigenvalue weighted by molar-refractivity contribution is 9.08. The van der Waals surface area contributed by atoms with E-state index < -0.39 is 0 Å². The Morgan fingerprint density at radius 2 is 2.21 bits per heavy atom. The Balaban J connectivity index is 2.72. The minimum absolute atomic E-state index is 0.838. The first-order valence-electron chi connectivity index (χ1n) is 4.10. The van der Waals surface area contributed by atoms with E-state index in [2.05, 4.69) is 40.7 Å². The van der Waals surface area contributed by atoms with E-state index in [9.17, 15) is 0 Å². The molecule has 0 radical (unpaired) electrons. The van der Waals surface area contributed by atoms with Crippen molar-refractivity contribution in [1.29, 1.82) is 0 Å². The molecule has 2 rings (SSSR count). The molecular formula is C10H9BrOS2. The summed E-state index contributed by atoms with van der Waals surface area (Å²) in [5, 5.41) is 2.10. The second-order valence-corrected chi connectivity index (χ2v) is 5.35. The molecule has 0 spiro atoms. The molecule has 1 aromatic carbocycles. The molecule has 1 nitrogen and oxygen atoms in total. The van der Waals surface area contributed by atoms with Gasteiger partial charge < -0.3 is 4.74 Å². The highest BCUT2D eigenvalue weighted by Crippen LogP contribution is 2.34. The van der Waals surface area contributed by atoms with Crippen molar-refractivity contribution >= 4 is 50.0 Å². The second-order valence-electron chi connectivity index (χ2n) is 2.92. The van der Waals surface area contributed by atoms with E-state index in [4.69, 9.17) is 4.74 Å². The molecule has 0 N–H and O–H groups in total. The number of hydrogen-bond donors (Lipinski definition) is 1. The third-order valence-electron chi connectivity index (χ3n) is 2.06. The minimum Gasteiger partial charge on any atom is -0.497 e. The lowest BCUT2D eigenvalue weighted by atomic mass is 10.1. The van der Waals surface area contributed by atoms with Crippen LogP contribution >= 0.6 is 39.9 Å². The van der Waals surface area contributed by atoms with Crippen LogP contribution in [0.1, 0.15) is 5.56 Å². The lowest BCUT2D eigenvalue weighted by Gasteiger charge is -2.03. The molecule has 0 aliphatic rings. The van der Waals surface area contributed by atoms with Gasteiger partial charge in [-0.05, 0) is 29.1 Å². The average molecular weight is 289 g/mol. The van der Waals surface area contributed by atoms with E-state index in [0.717, 1.165) is 15.3 Å². The highest BCUT2D eigenvalue weighted by Gasteiger charge is 2.06. The normalized spacial score (nSPS) is 10.8. The lowest BCUT2D eigenvalue weighted by Crippen LogP contribution is -1.85. The van der Waals surface area contributed by atoms with Crippen LogP contribution in [0.4, 0.5) is 0 Å². The van der Waals surface area contributed by atoms with Gasteiger partial charge in [-0.15, -0.1) is 24.0 Å². The van der Waals surface area contributed by atoms with Crippen molar-refractivity contribution in [3.8, 4) is 5.75 Å². The van der Waals surface area contributed by atoms with Gasteiger partial charge in [0.25, 0.3) is 0 Å². The predicted molar refractivity (Wildman–Crippen MR) is 68.3 cm³/mol. The number of thiophene rings is 1. The zero-order chi connectivity index (χ0) is 10.1. The molecule has 4 heteroatoms. The Morgan fingerprint density at radius 1 is 1.43 bits per heavy atom. The van der Waals surface area contributed by atoms with Crippen LogP contribution in [0.5, 0.6) is 5.75 Å². The van der Waals surface area contributed by atoms with Gasteiger partial charge in [-0.3, -0.25) is 0 Å². The molecule has 0 atom stereocenters. The van der Waals surface area contributed by atoms with Gasteiger partial charge in [0.1, 0.15) is 5.75 Å². The van der Waals surface area contributed by atoms with Crippen LogP contribution in [-0.2, 0) is 5.33 Å². The predicted octanol–water partition coefficient (Wildman–Crippen LogP) is 4.09. The summed E-state index contributed by atoms with van der Waals surface area (Å²) in [4.78, 5) is 0. The quantitative estimate of drug-likeness (QED) is 0.647. The van der Waals surface area contributed by atoms with Gasteiger partial charge >= 0.3 is 0 Å². The number of halogens is 1. The molecule has 0 amide bonds. The van der Waals surface area contributed by atoms with Crippen LogP contribution in [0.25, 0.3) is 10.1 Å². The number of fused-ring (bicyclic) bond motifs is 1. The molecule has 0 unspecified atom stereocenters. The maximum Gasteiger partial charge on any atom is 0.120 e. The van der Waals surface area contributed by atoms with Crippen molar-refractivity contribution in [1.82, 2.24) is 0 Å². The van der Waals surface area contributed by atoms with Crippen molar-refractivity contribution in [2.24, 2.45) is 0 Å². The zero-order valence-corrected chi connectivity index (χ0v) is 10.9. The molecule has 0 bridgehead atoms. The largest absolute Gasteiger partial charge is 0.497 e. The molecular weight excluding hydrogens is 280 g/mol. The third-order valence-corrected chi connectivity index (χ3v) is 3.95. The molecule has 2 aromatic rings. The van der Waals surface area contributed by atoms with E-state index in [1.54, 1.807) is 18.4 Å². The van der Waals surface area contributed by atoms with Crippen LogP contribution < -0.4 is 4.74 Å². The van der Waals surface area contributed by atoms with Gasteiger partial charge in [0.2, 0.25) is 0 Å². The SMILES string of the molecule is COc1cc(CBr)c2cc(S)sc2c1. The van der Waals surface area contributed by atoms with Crippen LogP contribution in [-0.4, -0.2) is 7.11 Å². The molecule has 74 valence electrons. The molecule has 0 aliphatic carbocycles. The first-order chi connectivity index (χ1) is 6.74. The summed E-state index contributed by atoms with van der Waals surface area (Å²) in [5.74, 6) is 0.905. The molecule has 0 saturated carbocycles. The molecule has 1 heterocycles. The first kappa shape index (κ1) is 10.3. The standard InChI is InChI=1S/C10H9BrOS2/c1-12-7-2-6(5-11)8-4-10(13)14-9(8)3-7/h2-4,13H,5H2,1H3. The first-order valence-corrected chi connectivity index (χ1v) is 6.48. The van der Waals surface area contributed by atoms with Gasteiger partial charge in [0.15, 0.2) is 0 Å². The van der Waals surface area contributed by atoms with E-state index >= 15 is 0 Å². The average Bonchev–Trinajstić information content (AvgIpc) is 2.56. The van der Waals surface area contributed by atoms with Crippen molar-refractivity contribution in [2.45, 2.75) is 9.54 Å². The Morgan fingerprint density at radius 3 is 2.86 bits per heavy atom. The summed E-state index contributed by atoms with van der Waals surface area (Å²) < 4.78 is 7.50. The van der Waals surface area contributed by atoms with E-state index in [1.807, 2.05) is 6.07 Å². The number of benzene rings is 1. The van der Waals surface area contributed by atoms with Crippen molar-refractivity contribution < 1.29 is 4.74 Å². The van der Waals surface area contributed by atoms with E-state index in [1.165, 1.54) is 15.6 Å². The van der Waals surface area contributed by atoms with Gasteiger partial charge in [0.05, 0.1) is 11.3 Å². The summed E-state index contributed by atoms with van der Waals surface area (Å²) in [7, 11) is 1.69. The van der Waals surface area contributed by atoms with Crippen molar-refractivity contribution in [2.75, 3.05) is 7.11 Å². The van der Waals surface area contributed by atoms with Crippen molar-refractivity contribution in [3.63, 3.8) is 0 Å². The van der Waals surface area contributed by atoms with E-state index in [-0.39, 0.29) is 0 Å². The van der Waals surface area contributed by atoms with Crippen molar-refractivity contribution in [3.05, 3.63) is 23.8 Å². The number of methoxy groups -OCH3 is 1. The third kappa shape index (κ3) is 1.78. The number of thiol groups is 1. The number of hydrogen-bond acceptors (Lipinski definition) is 3. The number of ether oxygens (including phenoxy) is 1. The lowest BCUT2D eigenvalue weighted by molar-refractivity contribution is 0.415. The Kier molecular flexibility index (Phi) is 3.04. The molecule has 0 fully saturated rings. The summed E-state index contributed by atoms with van der Waals surface area (Å²) in [6.45, 7) is 0. The number of rotatable bonds is 2. The fourth-order valence-corrected chi connectivity index (χ4v) is 3.16. The topological polar surface area (TPSA) is 9.23 Å². The van der Waals surface area contributed by atoms with Gasteiger partial charge in [0, 0.05) is 10.0 Å². The maximum atomic E-state index is 5.23. The van der Waals surface area contributed by atoms with E-state index in [0.29, 0.717) is 0 Å². The molecule has 14 heavy (non-hydrogen) atoms. The Labute approximate surface area is 101 Å². The van der Waals surface area contributed by atoms with Crippen LogP contribution in [0, 0.1) is 0 Å². The summed E-state index contributed by atoms with van der Waals surface area (Å²) in [6, 6.07) is 6.20. The molecule has 1 aromatic heterocycles. The van der Waals surface area contributed by atoms with Crippen LogP contribution in [0.3, 0.4) is 0 Å². The second kappa shape index (κ2) is 4.13. The smallest absolute Gasteiger partial charge is 0.120 e. The summed E-state index contributed by atoms with van der Waals surface area (Å²) in [6.07, 6.45) is 0. The minimum atomic E-state index is 0.838. The fraction of sp³-hybridized carbons (Fsp3) is 0.200. The molecule has 0 aliphatic heterocycles. The highest BCUT2D eigenvalue weighted by atomic mass is 79.9. The molecule has 0 saturated heterocycles. The summed E-state index contributed by atoms with van der Waals surface area (Å²) in [5.41, 5.74) is 1.25. The van der Waals surface area contributed by atoms with Gasteiger partial charge in [-0.1, -0.05) is 15.9 Å². The number of alkyl halides is 1.